The molecule has 0 saturated carbocycles. The van der Waals surface area contributed by atoms with E-state index in [0.717, 1.165) is 9.21 Å². The number of imide groups is 1. The summed E-state index contributed by atoms with van der Waals surface area (Å²) in [5, 5.41) is 8.48. The van der Waals surface area contributed by atoms with E-state index in [9.17, 15) is 22.8 Å². The van der Waals surface area contributed by atoms with Crippen molar-refractivity contribution in [3.05, 3.63) is 0 Å². The normalized spacial score (nSPS) is 20.4. The van der Waals surface area contributed by atoms with Crippen LogP contribution in [-0.4, -0.2) is 67.2 Å². The van der Waals surface area contributed by atoms with Gasteiger partial charge in [-0.2, -0.15) is 17.4 Å². The zero-order chi connectivity index (χ0) is 14.8. The summed E-state index contributed by atoms with van der Waals surface area (Å²) >= 11 is 0. The number of carbonyl (C=O) groups is 3. The van der Waals surface area contributed by atoms with Crippen molar-refractivity contribution in [1.82, 2.24) is 13.9 Å². The predicted octanol–water partition coefficient (Wildman–Crippen LogP) is -2.02. The molecule has 0 bridgehead atoms. The highest BCUT2D eigenvalue weighted by molar-refractivity contribution is 7.87. The van der Waals surface area contributed by atoms with E-state index in [-0.39, 0.29) is 19.4 Å². The van der Waals surface area contributed by atoms with E-state index in [0.29, 0.717) is 0 Å². The Bertz CT molecular complexity index is 502. The second kappa shape index (κ2) is 5.63. The molecule has 0 aliphatic carbocycles. The summed E-state index contributed by atoms with van der Waals surface area (Å²) in [5.41, 5.74) is 0. The molecule has 1 aliphatic heterocycles. The van der Waals surface area contributed by atoms with Gasteiger partial charge in [0.25, 0.3) is 10.2 Å². The lowest BCUT2D eigenvalue weighted by Gasteiger charge is -2.19. The maximum absolute atomic E-state index is 11.8. The summed E-state index contributed by atoms with van der Waals surface area (Å²) in [6.45, 7) is -0.227. The molecule has 2 amide bonds. The summed E-state index contributed by atoms with van der Waals surface area (Å²) in [7, 11) is -1.54. The van der Waals surface area contributed by atoms with Crippen molar-refractivity contribution in [2.75, 3.05) is 20.6 Å². The van der Waals surface area contributed by atoms with Crippen LogP contribution in [-0.2, 0) is 24.6 Å². The Hall–Kier alpha value is -1.52. The number of aliphatic carboxylic acids is 1. The summed E-state index contributed by atoms with van der Waals surface area (Å²) in [4.78, 5) is 34.0. The number of carbonyl (C=O) groups excluding carboxylic acids is 2. The van der Waals surface area contributed by atoms with Crippen molar-refractivity contribution in [2.24, 2.45) is 0 Å². The number of amides is 2. The quantitative estimate of drug-likeness (QED) is 0.545. The topological polar surface area (TPSA) is 124 Å². The lowest BCUT2D eigenvalue weighted by Crippen LogP contribution is -2.47. The predicted molar refractivity (Wildman–Crippen MR) is 63.1 cm³/mol. The SMILES string of the molecule is CN1C(=O)CC(NS(=O)(=O)N(C)CCC(=O)O)C1=O. The minimum absolute atomic E-state index is 0.227. The molecule has 2 N–H and O–H groups in total. The molecule has 0 aromatic rings. The summed E-state index contributed by atoms with van der Waals surface area (Å²) < 4.78 is 26.5. The molecule has 1 fully saturated rings. The van der Waals surface area contributed by atoms with Crippen molar-refractivity contribution < 1.29 is 27.9 Å². The van der Waals surface area contributed by atoms with Crippen molar-refractivity contribution in [2.45, 2.75) is 18.9 Å². The fourth-order valence-electron chi connectivity index (χ4n) is 1.49. The molecule has 0 aromatic heterocycles. The largest absolute Gasteiger partial charge is 0.481 e. The Kier molecular flexibility index (Phi) is 4.61. The highest BCUT2D eigenvalue weighted by Gasteiger charge is 2.39. The first kappa shape index (κ1) is 15.5. The molecule has 10 heteroatoms. The van der Waals surface area contributed by atoms with E-state index < -0.39 is 34.0 Å². The van der Waals surface area contributed by atoms with E-state index in [4.69, 9.17) is 5.11 Å². The van der Waals surface area contributed by atoms with Gasteiger partial charge >= 0.3 is 5.97 Å². The maximum atomic E-state index is 11.8. The third-order valence-corrected chi connectivity index (χ3v) is 4.31. The summed E-state index contributed by atoms with van der Waals surface area (Å²) in [5.74, 6) is -2.22. The summed E-state index contributed by atoms with van der Waals surface area (Å²) in [6.07, 6.45) is -0.587. The van der Waals surface area contributed by atoms with E-state index in [1.54, 1.807) is 0 Å². The van der Waals surface area contributed by atoms with Gasteiger partial charge in [0.15, 0.2) is 0 Å². The van der Waals surface area contributed by atoms with E-state index in [1.807, 2.05) is 0 Å². The molecule has 1 atom stereocenters. The minimum atomic E-state index is -4.00. The number of hydrogen-bond donors (Lipinski definition) is 2. The summed E-state index contributed by atoms with van der Waals surface area (Å²) in [6, 6.07) is -1.13. The molecule has 0 spiro atoms. The molecule has 1 unspecified atom stereocenters. The van der Waals surface area contributed by atoms with Gasteiger partial charge < -0.3 is 5.11 Å². The van der Waals surface area contributed by atoms with Gasteiger partial charge in [-0.1, -0.05) is 0 Å². The van der Waals surface area contributed by atoms with Gasteiger partial charge in [0.2, 0.25) is 11.8 Å². The molecule has 1 rings (SSSR count). The molecule has 0 aromatic carbocycles. The minimum Gasteiger partial charge on any atom is -0.481 e. The standard InChI is InChI=1S/C9H15N3O6S/c1-11(4-3-8(14)15)19(17,18)10-6-5-7(13)12(2)9(6)16/h6,10H,3-5H2,1-2H3,(H,14,15). The number of nitrogens with one attached hydrogen (secondary N) is 1. The van der Waals surface area contributed by atoms with Crippen molar-refractivity contribution in [3.63, 3.8) is 0 Å². The molecule has 1 aliphatic rings. The van der Waals surface area contributed by atoms with Crippen LogP contribution in [0.5, 0.6) is 0 Å². The molecule has 1 saturated heterocycles. The van der Waals surface area contributed by atoms with Crippen LogP contribution in [0.25, 0.3) is 0 Å². The lowest BCUT2D eigenvalue weighted by atomic mass is 10.3. The number of likely N-dealkylation sites (N-methyl/N-ethyl adjacent to an activating group) is 1. The molecule has 1 heterocycles. The number of likely N-dealkylation sites (tertiary alicyclic amines) is 1. The van der Waals surface area contributed by atoms with Crippen LogP contribution >= 0.6 is 0 Å². The van der Waals surface area contributed by atoms with Gasteiger partial charge in [-0.25, -0.2) is 0 Å². The Morgan fingerprint density at radius 1 is 1.53 bits per heavy atom. The zero-order valence-electron chi connectivity index (χ0n) is 10.5. The van der Waals surface area contributed by atoms with E-state index in [1.165, 1.54) is 14.1 Å². The number of hydrogen-bond acceptors (Lipinski definition) is 5. The van der Waals surface area contributed by atoms with Gasteiger partial charge in [-0.3, -0.25) is 19.3 Å². The van der Waals surface area contributed by atoms with Crippen LogP contribution < -0.4 is 4.72 Å². The van der Waals surface area contributed by atoms with Crippen LogP contribution in [0.1, 0.15) is 12.8 Å². The van der Waals surface area contributed by atoms with Crippen LogP contribution in [0.4, 0.5) is 0 Å². The highest BCUT2D eigenvalue weighted by atomic mass is 32.2. The van der Waals surface area contributed by atoms with Crippen LogP contribution in [0.3, 0.4) is 0 Å². The number of carboxylic acid groups (broad SMARTS) is 1. The maximum Gasteiger partial charge on any atom is 0.304 e. The smallest absolute Gasteiger partial charge is 0.304 e. The van der Waals surface area contributed by atoms with Crippen molar-refractivity contribution in [1.29, 1.82) is 0 Å². The third kappa shape index (κ3) is 3.72. The first-order chi connectivity index (χ1) is 8.65. The van der Waals surface area contributed by atoms with Crippen LogP contribution in [0.2, 0.25) is 0 Å². The zero-order valence-corrected chi connectivity index (χ0v) is 11.3. The highest BCUT2D eigenvalue weighted by Crippen LogP contribution is 2.12. The second-order valence-electron chi connectivity index (χ2n) is 4.14. The van der Waals surface area contributed by atoms with Crippen LogP contribution in [0.15, 0.2) is 0 Å². The number of carboxylic acids is 1. The molecule has 108 valence electrons. The van der Waals surface area contributed by atoms with Crippen molar-refractivity contribution >= 4 is 28.0 Å². The first-order valence-electron chi connectivity index (χ1n) is 5.41. The van der Waals surface area contributed by atoms with Gasteiger partial charge in [-0.15, -0.1) is 0 Å². The second-order valence-corrected chi connectivity index (χ2v) is 5.95. The van der Waals surface area contributed by atoms with Gasteiger partial charge in [0.05, 0.1) is 12.8 Å². The van der Waals surface area contributed by atoms with E-state index >= 15 is 0 Å². The monoisotopic (exact) mass is 293 g/mol. The molecule has 0 radical (unpaired) electrons. The Labute approximate surface area is 110 Å². The Balaban J connectivity index is 2.67. The average molecular weight is 293 g/mol. The van der Waals surface area contributed by atoms with Gasteiger partial charge in [0.1, 0.15) is 6.04 Å². The third-order valence-electron chi connectivity index (χ3n) is 2.72. The fraction of sp³-hybridized carbons (Fsp3) is 0.667. The van der Waals surface area contributed by atoms with Crippen LogP contribution in [0, 0.1) is 0 Å². The number of nitrogens with zero attached hydrogens (tertiary/aromatic N) is 2. The lowest BCUT2D eigenvalue weighted by molar-refractivity contribution is -0.138. The number of rotatable bonds is 6. The molecule has 19 heavy (non-hydrogen) atoms. The van der Waals surface area contributed by atoms with Gasteiger partial charge in [0, 0.05) is 20.6 Å². The van der Waals surface area contributed by atoms with Gasteiger partial charge in [-0.05, 0) is 0 Å². The fourth-order valence-corrected chi connectivity index (χ4v) is 2.55. The Morgan fingerprint density at radius 3 is 2.53 bits per heavy atom. The average Bonchev–Trinajstić information content (AvgIpc) is 2.53. The molecular formula is C9H15N3O6S. The molecule has 9 nitrogen and oxygen atoms in total. The molecular weight excluding hydrogens is 278 g/mol. The first-order valence-corrected chi connectivity index (χ1v) is 6.85. The Morgan fingerprint density at radius 2 is 2.11 bits per heavy atom. The van der Waals surface area contributed by atoms with E-state index in [2.05, 4.69) is 4.72 Å². The van der Waals surface area contributed by atoms with Crippen molar-refractivity contribution in [3.8, 4) is 0 Å².